The Balaban J connectivity index is 3.26. The van der Waals surface area contributed by atoms with Crippen LogP contribution in [0.2, 0.25) is 0 Å². The van der Waals surface area contributed by atoms with Crippen LogP contribution in [-0.2, 0) is 4.84 Å². The fraction of sp³-hybridized carbons (Fsp3) is 0.417. The molecule has 31 heavy (non-hydrogen) atoms. The van der Waals surface area contributed by atoms with Gasteiger partial charge in [-0.15, -0.1) is 0 Å². The Morgan fingerprint density at radius 3 is 2.42 bits per heavy atom. The lowest BCUT2D eigenvalue weighted by Gasteiger charge is -2.20. The van der Waals surface area contributed by atoms with Crippen molar-refractivity contribution in [2.24, 2.45) is 5.41 Å². The molecular formula is C24H33FN4O2. The van der Waals surface area contributed by atoms with Gasteiger partial charge in [-0.05, 0) is 62.5 Å². The van der Waals surface area contributed by atoms with E-state index in [1.807, 2.05) is 6.92 Å². The molecule has 1 aromatic rings. The summed E-state index contributed by atoms with van der Waals surface area (Å²) in [5, 5.41) is 15.8. The molecule has 0 unspecified atom stereocenters. The van der Waals surface area contributed by atoms with Crippen LogP contribution in [0.5, 0.6) is 0 Å². The standard InChI is InChI=1S/C24H33FN4O2/c1-15(2)22(20(25)11-19(13-26)17(4)27-14-24(5,6)7)28-21-12-18(10-9-16(21)3)23(30)29-31-8/h9-12,27-28H,14H2,1-8H3,(H,29,30)/b19-17-,20-11+. The number of anilines is 1. The number of nitrogens with one attached hydrogen (secondary N) is 3. The molecule has 0 radical (unpaired) electrons. The molecule has 0 saturated heterocycles. The van der Waals surface area contributed by atoms with E-state index < -0.39 is 11.7 Å². The summed E-state index contributed by atoms with van der Waals surface area (Å²) in [6.07, 6.45) is 1.22. The molecule has 1 rings (SSSR count). The normalized spacial score (nSPS) is 12.5. The van der Waals surface area contributed by atoms with Gasteiger partial charge in [-0.2, -0.15) is 5.26 Å². The fourth-order valence-corrected chi connectivity index (χ4v) is 2.52. The van der Waals surface area contributed by atoms with Crippen molar-refractivity contribution in [2.75, 3.05) is 19.0 Å². The van der Waals surface area contributed by atoms with Crippen molar-refractivity contribution >= 4 is 11.6 Å². The highest BCUT2D eigenvalue weighted by molar-refractivity contribution is 5.94. The van der Waals surface area contributed by atoms with Crippen molar-refractivity contribution < 1.29 is 14.0 Å². The van der Waals surface area contributed by atoms with Gasteiger partial charge in [0.1, 0.15) is 11.9 Å². The highest BCUT2D eigenvalue weighted by Gasteiger charge is 2.14. The zero-order valence-corrected chi connectivity index (χ0v) is 19.7. The Bertz CT molecular complexity index is 943. The number of hydrogen-bond acceptors (Lipinski definition) is 5. The van der Waals surface area contributed by atoms with Crippen molar-refractivity contribution in [3.05, 3.63) is 63.8 Å². The predicted molar refractivity (Wildman–Crippen MR) is 123 cm³/mol. The van der Waals surface area contributed by atoms with Crippen molar-refractivity contribution in [2.45, 2.75) is 48.5 Å². The second-order valence-corrected chi connectivity index (χ2v) is 8.72. The minimum absolute atomic E-state index is 0.0222. The van der Waals surface area contributed by atoms with Gasteiger partial charge in [-0.1, -0.05) is 26.8 Å². The molecule has 3 N–H and O–H groups in total. The molecule has 0 aliphatic rings. The van der Waals surface area contributed by atoms with Crippen molar-refractivity contribution in [1.82, 2.24) is 10.8 Å². The smallest absolute Gasteiger partial charge is 0.274 e. The topological polar surface area (TPSA) is 86.2 Å². The molecule has 0 heterocycles. The van der Waals surface area contributed by atoms with Gasteiger partial charge >= 0.3 is 0 Å². The Morgan fingerprint density at radius 2 is 1.90 bits per heavy atom. The lowest BCUT2D eigenvalue weighted by molar-refractivity contribution is 0.0537. The third kappa shape index (κ3) is 8.27. The molecule has 0 spiro atoms. The van der Waals surface area contributed by atoms with E-state index in [0.717, 1.165) is 5.56 Å². The van der Waals surface area contributed by atoms with Gasteiger partial charge < -0.3 is 10.6 Å². The number of aryl methyl sites for hydroxylation is 1. The SMILES string of the molecule is CONC(=O)c1ccc(C)c(NC(=C(C)C)/C(F)=C\C(C#N)=C(/C)NCC(C)(C)C)c1. The number of nitrogens with zero attached hydrogens (tertiary/aromatic N) is 1. The van der Waals surface area contributed by atoms with Crippen LogP contribution in [0, 0.1) is 23.7 Å². The molecule has 0 aliphatic carbocycles. The first kappa shape index (κ1) is 25.9. The minimum Gasteiger partial charge on any atom is -0.387 e. The second-order valence-electron chi connectivity index (χ2n) is 8.72. The third-order valence-corrected chi connectivity index (χ3v) is 4.37. The maximum absolute atomic E-state index is 15.2. The van der Waals surface area contributed by atoms with Crippen LogP contribution in [0.25, 0.3) is 0 Å². The minimum atomic E-state index is -0.570. The summed E-state index contributed by atoms with van der Waals surface area (Å²) in [7, 11) is 1.35. The summed E-state index contributed by atoms with van der Waals surface area (Å²) in [4.78, 5) is 16.7. The Kier molecular flexibility index (Phi) is 9.47. The number of nitriles is 1. The second kappa shape index (κ2) is 11.3. The van der Waals surface area contributed by atoms with Gasteiger partial charge in [0.2, 0.25) is 0 Å². The molecule has 6 nitrogen and oxygen atoms in total. The number of rotatable bonds is 8. The number of benzene rings is 1. The molecule has 168 valence electrons. The van der Waals surface area contributed by atoms with Gasteiger partial charge in [0, 0.05) is 23.5 Å². The average molecular weight is 429 g/mol. The van der Waals surface area contributed by atoms with Crippen LogP contribution in [0.15, 0.2) is 52.6 Å². The molecule has 0 aromatic heterocycles. The summed E-state index contributed by atoms with van der Waals surface area (Å²) >= 11 is 0. The van der Waals surface area contributed by atoms with E-state index in [0.29, 0.717) is 29.1 Å². The van der Waals surface area contributed by atoms with Gasteiger partial charge in [0.25, 0.3) is 5.91 Å². The number of carbonyl (C=O) groups is 1. The van der Waals surface area contributed by atoms with Crippen LogP contribution in [0.3, 0.4) is 0 Å². The summed E-state index contributed by atoms with van der Waals surface area (Å²) < 4.78 is 15.2. The molecule has 1 amide bonds. The first-order valence-corrected chi connectivity index (χ1v) is 10.0. The maximum Gasteiger partial charge on any atom is 0.274 e. The van der Waals surface area contributed by atoms with E-state index in [9.17, 15) is 10.1 Å². The summed E-state index contributed by atoms with van der Waals surface area (Å²) in [5.74, 6) is -0.977. The molecule has 1 aromatic carbocycles. The maximum atomic E-state index is 15.2. The molecule has 0 bridgehead atoms. The van der Waals surface area contributed by atoms with Crippen LogP contribution in [-0.4, -0.2) is 19.6 Å². The van der Waals surface area contributed by atoms with Crippen LogP contribution < -0.4 is 16.1 Å². The highest BCUT2D eigenvalue weighted by atomic mass is 19.1. The van der Waals surface area contributed by atoms with E-state index in [-0.39, 0.29) is 16.7 Å². The largest absolute Gasteiger partial charge is 0.387 e. The van der Waals surface area contributed by atoms with Crippen LogP contribution in [0.4, 0.5) is 10.1 Å². The molecule has 0 atom stereocenters. The molecule has 0 aliphatic heterocycles. The van der Waals surface area contributed by atoms with Crippen molar-refractivity contribution in [3.8, 4) is 6.07 Å². The monoisotopic (exact) mass is 428 g/mol. The number of carbonyl (C=O) groups excluding carboxylic acids is 1. The van der Waals surface area contributed by atoms with E-state index in [2.05, 4.69) is 47.8 Å². The van der Waals surface area contributed by atoms with Crippen molar-refractivity contribution in [1.29, 1.82) is 5.26 Å². The number of hydrogen-bond donors (Lipinski definition) is 3. The predicted octanol–water partition coefficient (Wildman–Crippen LogP) is 5.28. The van der Waals surface area contributed by atoms with E-state index in [4.69, 9.17) is 0 Å². The number of hydroxylamine groups is 1. The number of allylic oxidation sites excluding steroid dienone is 5. The third-order valence-electron chi connectivity index (χ3n) is 4.37. The lowest BCUT2D eigenvalue weighted by Crippen LogP contribution is -2.26. The first-order chi connectivity index (χ1) is 14.4. The summed E-state index contributed by atoms with van der Waals surface area (Å²) in [6, 6.07) is 7.10. The van der Waals surface area contributed by atoms with Gasteiger partial charge in [-0.3, -0.25) is 9.63 Å². The Labute approximate surface area is 184 Å². The van der Waals surface area contributed by atoms with E-state index >= 15 is 4.39 Å². The zero-order chi connectivity index (χ0) is 23.8. The molecule has 0 fully saturated rings. The fourth-order valence-electron chi connectivity index (χ4n) is 2.52. The molecule has 7 heteroatoms. The Morgan fingerprint density at radius 1 is 1.26 bits per heavy atom. The molecule has 0 saturated carbocycles. The van der Waals surface area contributed by atoms with Gasteiger partial charge in [-0.25, -0.2) is 9.87 Å². The van der Waals surface area contributed by atoms with E-state index in [1.165, 1.54) is 13.2 Å². The highest BCUT2D eigenvalue weighted by Crippen LogP contribution is 2.25. The number of amides is 1. The summed E-state index contributed by atoms with van der Waals surface area (Å²) in [6.45, 7) is 14.0. The first-order valence-electron chi connectivity index (χ1n) is 10.0. The quantitative estimate of drug-likeness (QED) is 0.298. The zero-order valence-electron chi connectivity index (χ0n) is 19.7. The lowest BCUT2D eigenvalue weighted by atomic mass is 9.97. The van der Waals surface area contributed by atoms with Crippen LogP contribution in [0.1, 0.15) is 57.5 Å². The van der Waals surface area contributed by atoms with Crippen molar-refractivity contribution in [3.63, 3.8) is 0 Å². The summed E-state index contributed by atoms with van der Waals surface area (Å²) in [5.41, 5.74) is 5.82. The average Bonchev–Trinajstić information content (AvgIpc) is 2.68. The van der Waals surface area contributed by atoms with Crippen LogP contribution >= 0.6 is 0 Å². The van der Waals surface area contributed by atoms with Gasteiger partial charge in [0.15, 0.2) is 0 Å². The van der Waals surface area contributed by atoms with E-state index in [1.54, 1.807) is 39.0 Å². The van der Waals surface area contributed by atoms with Gasteiger partial charge in [0.05, 0.1) is 18.4 Å². The molecular weight excluding hydrogens is 395 g/mol. The number of halogens is 1. The Hall–Kier alpha value is -3.11.